The Morgan fingerprint density at radius 2 is 2.21 bits per heavy atom. The lowest BCUT2D eigenvalue weighted by atomic mass is 10.1. The van der Waals surface area contributed by atoms with Gasteiger partial charge >= 0.3 is 5.97 Å². The van der Waals surface area contributed by atoms with Gasteiger partial charge in [0, 0.05) is 11.6 Å². The third-order valence-corrected chi connectivity index (χ3v) is 3.18. The van der Waals surface area contributed by atoms with Gasteiger partial charge in [-0.1, -0.05) is 11.6 Å². The van der Waals surface area contributed by atoms with Crippen LogP contribution in [0.4, 0.5) is 5.69 Å². The SMILES string of the molecule is NC(=O)c1ccc(Cl)cc1N1CCOCC1C(=O)O. The van der Waals surface area contributed by atoms with Crippen LogP contribution in [0, 0.1) is 0 Å². The molecular weight excluding hydrogens is 272 g/mol. The minimum atomic E-state index is -1.02. The molecule has 0 aromatic heterocycles. The van der Waals surface area contributed by atoms with Crippen LogP contribution in [0.25, 0.3) is 0 Å². The van der Waals surface area contributed by atoms with E-state index in [1.165, 1.54) is 6.07 Å². The predicted molar refractivity (Wildman–Crippen MR) is 69.6 cm³/mol. The summed E-state index contributed by atoms with van der Waals surface area (Å²) in [5.41, 5.74) is 5.98. The molecule has 102 valence electrons. The van der Waals surface area contributed by atoms with Crippen molar-refractivity contribution in [3.63, 3.8) is 0 Å². The molecule has 1 fully saturated rings. The van der Waals surface area contributed by atoms with E-state index in [0.29, 0.717) is 23.9 Å². The molecule has 0 aliphatic carbocycles. The van der Waals surface area contributed by atoms with E-state index in [0.717, 1.165) is 0 Å². The van der Waals surface area contributed by atoms with E-state index in [9.17, 15) is 14.7 Å². The van der Waals surface area contributed by atoms with Gasteiger partial charge in [-0.3, -0.25) is 4.79 Å². The number of primary amides is 1. The summed E-state index contributed by atoms with van der Waals surface area (Å²) in [5, 5.41) is 9.61. The summed E-state index contributed by atoms with van der Waals surface area (Å²) in [7, 11) is 0. The van der Waals surface area contributed by atoms with Gasteiger partial charge in [-0.25, -0.2) is 4.79 Å². The highest BCUT2D eigenvalue weighted by atomic mass is 35.5. The fraction of sp³-hybridized carbons (Fsp3) is 0.333. The van der Waals surface area contributed by atoms with E-state index in [1.54, 1.807) is 17.0 Å². The average Bonchev–Trinajstić information content (AvgIpc) is 2.38. The van der Waals surface area contributed by atoms with Crippen LogP contribution in [0.3, 0.4) is 0 Å². The summed E-state index contributed by atoms with van der Waals surface area (Å²) in [6.07, 6.45) is 0. The Hall–Kier alpha value is -1.79. The van der Waals surface area contributed by atoms with Crippen molar-refractivity contribution in [1.82, 2.24) is 0 Å². The van der Waals surface area contributed by atoms with Crippen molar-refractivity contribution in [3.05, 3.63) is 28.8 Å². The predicted octanol–water partition coefficient (Wildman–Crippen LogP) is 0.729. The van der Waals surface area contributed by atoms with Crippen molar-refractivity contribution < 1.29 is 19.4 Å². The standard InChI is InChI=1S/C12H13ClN2O4/c13-7-1-2-8(11(14)16)9(5-7)15-3-4-19-6-10(15)12(17)18/h1-2,5,10H,3-4,6H2,(H2,14,16)(H,17,18). The fourth-order valence-electron chi connectivity index (χ4n) is 2.05. The first kappa shape index (κ1) is 13.6. The Kier molecular flexibility index (Phi) is 3.92. The highest BCUT2D eigenvalue weighted by Gasteiger charge is 2.31. The van der Waals surface area contributed by atoms with E-state index >= 15 is 0 Å². The number of carboxylic acid groups (broad SMARTS) is 1. The number of ether oxygens (including phenoxy) is 1. The summed E-state index contributed by atoms with van der Waals surface area (Å²) in [6, 6.07) is 3.73. The molecule has 1 amide bonds. The maximum atomic E-state index is 11.4. The first-order valence-corrected chi connectivity index (χ1v) is 6.05. The number of aliphatic carboxylic acids is 1. The van der Waals surface area contributed by atoms with Gasteiger partial charge in [-0.05, 0) is 18.2 Å². The first-order chi connectivity index (χ1) is 9.00. The first-order valence-electron chi connectivity index (χ1n) is 5.67. The van der Waals surface area contributed by atoms with Crippen molar-refractivity contribution >= 4 is 29.2 Å². The van der Waals surface area contributed by atoms with E-state index in [1.807, 2.05) is 0 Å². The van der Waals surface area contributed by atoms with Crippen molar-refractivity contribution in [3.8, 4) is 0 Å². The number of anilines is 1. The van der Waals surface area contributed by atoms with Crippen molar-refractivity contribution in [2.45, 2.75) is 6.04 Å². The number of benzene rings is 1. The monoisotopic (exact) mass is 284 g/mol. The zero-order valence-corrected chi connectivity index (χ0v) is 10.8. The number of halogens is 1. The van der Waals surface area contributed by atoms with Gasteiger partial charge in [-0.2, -0.15) is 0 Å². The molecule has 6 nitrogen and oxygen atoms in total. The Bertz CT molecular complexity index is 520. The molecule has 0 radical (unpaired) electrons. The molecule has 1 aromatic carbocycles. The molecular formula is C12H13ClN2O4. The molecule has 0 spiro atoms. The smallest absolute Gasteiger partial charge is 0.328 e. The molecule has 1 unspecified atom stereocenters. The molecule has 1 aromatic rings. The van der Waals surface area contributed by atoms with Crippen LogP contribution in [0.15, 0.2) is 18.2 Å². The molecule has 1 atom stereocenters. The molecule has 0 saturated carbocycles. The van der Waals surface area contributed by atoms with Crippen LogP contribution in [-0.4, -0.2) is 42.8 Å². The Balaban J connectivity index is 2.46. The molecule has 7 heteroatoms. The van der Waals surface area contributed by atoms with Crippen molar-refractivity contribution in [2.75, 3.05) is 24.7 Å². The number of amides is 1. The average molecular weight is 285 g/mol. The molecule has 0 bridgehead atoms. The number of carboxylic acids is 1. The quantitative estimate of drug-likeness (QED) is 0.853. The van der Waals surface area contributed by atoms with Gasteiger partial charge in [-0.15, -0.1) is 0 Å². The number of nitrogens with two attached hydrogens (primary N) is 1. The van der Waals surface area contributed by atoms with Crippen LogP contribution in [-0.2, 0) is 9.53 Å². The van der Waals surface area contributed by atoms with Gasteiger partial charge in [0.05, 0.1) is 24.5 Å². The Morgan fingerprint density at radius 3 is 2.84 bits per heavy atom. The summed E-state index contributed by atoms with van der Waals surface area (Å²) in [4.78, 5) is 24.2. The van der Waals surface area contributed by atoms with E-state index in [4.69, 9.17) is 22.1 Å². The second kappa shape index (κ2) is 5.46. The number of carbonyl (C=O) groups is 2. The van der Waals surface area contributed by atoms with Gasteiger partial charge in [0.15, 0.2) is 6.04 Å². The van der Waals surface area contributed by atoms with Crippen molar-refractivity contribution in [2.24, 2.45) is 5.73 Å². The van der Waals surface area contributed by atoms with Crippen LogP contribution >= 0.6 is 11.6 Å². The molecule has 1 aliphatic rings. The van der Waals surface area contributed by atoms with E-state index in [2.05, 4.69) is 0 Å². The number of rotatable bonds is 3. The maximum absolute atomic E-state index is 11.4. The lowest BCUT2D eigenvalue weighted by Gasteiger charge is -2.35. The normalized spacial score (nSPS) is 19.2. The summed E-state index contributed by atoms with van der Waals surface area (Å²) < 4.78 is 5.15. The van der Waals surface area contributed by atoms with E-state index < -0.39 is 17.9 Å². The minimum Gasteiger partial charge on any atom is -0.480 e. The third-order valence-electron chi connectivity index (χ3n) is 2.95. The van der Waals surface area contributed by atoms with Gasteiger partial charge in [0.2, 0.25) is 0 Å². The van der Waals surface area contributed by atoms with Crippen LogP contribution in [0.2, 0.25) is 5.02 Å². The molecule has 2 rings (SSSR count). The molecule has 1 saturated heterocycles. The topological polar surface area (TPSA) is 92.9 Å². The number of carbonyl (C=O) groups excluding carboxylic acids is 1. The van der Waals surface area contributed by atoms with Crippen LogP contribution < -0.4 is 10.6 Å². The largest absolute Gasteiger partial charge is 0.480 e. The number of morpholine rings is 1. The molecule has 19 heavy (non-hydrogen) atoms. The summed E-state index contributed by atoms with van der Waals surface area (Å²) in [6.45, 7) is 0.798. The van der Waals surface area contributed by atoms with Crippen LogP contribution in [0.5, 0.6) is 0 Å². The Labute approximate surface area is 114 Å². The van der Waals surface area contributed by atoms with Crippen molar-refractivity contribution in [1.29, 1.82) is 0 Å². The number of hydrogen-bond donors (Lipinski definition) is 2. The number of hydrogen-bond acceptors (Lipinski definition) is 4. The highest BCUT2D eigenvalue weighted by molar-refractivity contribution is 6.31. The fourth-order valence-corrected chi connectivity index (χ4v) is 2.21. The minimum absolute atomic E-state index is 0.0556. The molecule has 1 heterocycles. The molecule has 3 N–H and O–H groups in total. The second-order valence-corrected chi connectivity index (χ2v) is 4.58. The second-order valence-electron chi connectivity index (χ2n) is 4.15. The van der Waals surface area contributed by atoms with Gasteiger partial charge in [0.1, 0.15) is 0 Å². The van der Waals surface area contributed by atoms with E-state index in [-0.39, 0.29) is 12.2 Å². The number of nitrogens with zero attached hydrogens (tertiary/aromatic N) is 1. The lowest BCUT2D eigenvalue weighted by Crippen LogP contribution is -2.50. The lowest BCUT2D eigenvalue weighted by molar-refractivity contribution is -0.141. The zero-order valence-electron chi connectivity index (χ0n) is 10.0. The summed E-state index contributed by atoms with van der Waals surface area (Å²) >= 11 is 5.91. The van der Waals surface area contributed by atoms with Gasteiger partial charge < -0.3 is 20.5 Å². The summed E-state index contributed by atoms with van der Waals surface area (Å²) in [5.74, 6) is -1.64. The molecule has 1 aliphatic heterocycles. The maximum Gasteiger partial charge on any atom is 0.328 e. The third kappa shape index (κ3) is 2.80. The Morgan fingerprint density at radius 1 is 1.47 bits per heavy atom. The van der Waals surface area contributed by atoms with Gasteiger partial charge in [0.25, 0.3) is 5.91 Å². The van der Waals surface area contributed by atoms with Crippen LogP contribution in [0.1, 0.15) is 10.4 Å². The highest BCUT2D eigenvalue weighted by Crippen LogP contribution is 2.27. The zero-order chi connectivity index (χ0) is 14.0.